The van der Waals surface area contributed by atoms with E-state index in [4.69, 9.17) is 9.15 Å². The summed E-state index contributed by atoms with van der Waals surface area (Å²) in [6.07, 6.45) is 4.69. The lowest BCUT2D eigenvalue weighted by Gasteiger charge is -2.27. The van der Waals surface area contributed by atoms with E-state index in [0.717, 1.165) is 43.8 Å². The quantitative estimate of drug-likeness (QED) is 0.905. The Morgan fingerprint density at radius 3 is 2.95 bits per heavy atom. The van der Waals surface area contributed by atoms with Crippen LogP contribution in [0, 0.1) is 0 Å². The summed E-state index contributed by atoms with van der Waals surface area (Å²) in [5.74, 6) is 2.31. The smallest absolute Gasteiger partial charge is 0.122 e. The second-order valence-corrected chi connectivity index (χ2v) is 5.38. The Bertz CT molecular complexity index is 533. The van der Waals surface area contributed by atoms with Gasteiger partial charge in [0.25, 0.3) is 0 Å². The summed E-state index contributed by atoms with van der Waals surface area (Å²) >= 11 is 0. The van der Waals surface area contributed by atoms with Crippen LogP contribution < -0.4 is 4.74 Å². The third-order valence-electron chi connectivity index (χ3n) is 3.94. The fourth-order valence-corrected chi connectivity index (χ4v) is 2.87. The molecule has 1 aliphatic heterocycles. The van der Waals surface area contributed by atoms with Crippen LogP contribution in [-0.4, -0.2) is 17.8 Å². The molecule has 0 saturated heterocycles. The largest absolute Gasteiger partial charge is 0.493 e. The van der Waals surface area contributed by atoms with Crippen molar-refractivity contribution in [1.29, 1.82) is 0 Å². The first kappa shape index (κ1) is 13.3. The van der Waals surface area contributed by atoms with Gasteiger partial charge in [0.1, 0.15) is 11.5 Å². The van der Waals surface area contributed by atoms with Crippen LogP contribution in [0.1, 0.15) is 36.5 Å². The van der Waals surface area contributed by atoms with Crippen molar-refractivity contribution in [1.82, 2.24) is 0 Å². The van der Waals surface area contributed by atoms with Crippen LogP contribution in [0.15, 0.2) is 47.1 Å². The molecule has 2 aromatic rings. The zero-order valence-electron chi connectivity index (χ0n) is 11.5. The lowest BCUT2D eigenvalue weighted by molar-refractivity contribution is 0.133. The van der Waals surface area contributed by atoms with Crippen molar-refractivity contribution in [3.63, 3.8) is 0 Å². The summed E-state index contributed by atoms with van der Waals surface area (Å²) in [6.45, 7) is 0.743. The predicted molar refractivity (Wildman–Crippen MR) is 76.9 cm³/mol. The Morgan fingerprint density at radius 1 is 1.20 bits per heavy atom. The Morgan fingerprint density at radius 2 is 2.10 bits per heavy atom. The SMILES string of the molecule is OC(CCc1ccco1)CC1CCOc2ccccc21. The van der Waals surface area contributed by atoms with Crippen molar-refractivity contribution in [3.05, 3.63) is 54.0 Å². The summed E-state index contributed by atoms with van der Waals surface area (Å²) in [4.78, 5) is 0. The van der Waals surface area contributed by atoms with Crippen LogP contribution in [0.4, 0.5) is 0 Å². The van der Waals surface area contributed by atoms with Gasteiger partial charge in [0.15, 0.2) is 0 Å². The molecule has 3 nitrogen and oxygen atoms in total. The van der Waals surface area contributed by atoms with E-state index in [0.29, 0.717) is 5.92 Å². The van der Waals surface area contributed by atoms with Gasteiger partial charge in [-0.15, -0.1) is 0 Å². The monoisotopic (exact) mass is 272 g/mol. The highest BCUT2D eigenvalue weighted by atomic mass is 16.5. The van der Waals surface area contributed by atoms with E-state index in [9.17, 15) is 5.11 Å². The average Bonchev–Trinajstić information content (AvgIpc) is 2.99. The van der Waals surface area contributed by atoms with Gasteiger partial charge in [0, 0.05) is 6.42 Å². The van der Waals surface area contributed by atoms with Crippen molar-refractivity contribution in [2.75, 3.05) is 6.61 Å². The highest BCUT2D eigenvalue weighted by molar-refractivity contribution is 5.37. The van der Waals surface area contributed by atoms with Crippen LogP contribution >= 0.6 is 0 Å². The standard InChI is InChI=1S/C17H20O3/c18-14(7-8-15-4-3-10-19-15)12-13-9-11-20-17-6-2-1-5-16(13)17/h1-6,10,13-14,18H,7-9,11-12H2. The second-order valence-electron chi connectivity index (χ2n) is 5.38. The number of furan rings is 1. The molecule has 0 radical (unpaired) electrons. The number of aliphatic hydroxyl groups is 1. The van der Waals surface area contributed by atoms with Gasteiger partial charge < -0.3 is 14.3 Å². The lowest BCUT2D eigenvalue weighted by Crippen LogP contribution is -2.19. The minimum Gasteiger partial charge on any atom is -0.493 e. The third-order valence-corrected chi connectivity index (χ3v) is 3.94. The number of aryl methyl sites for hydroxylation is 1. The zero-order valence-corrected chi connectivity index (χ0v) is 11.5. The minimum absolute atomic E-state index is 0.295. The summed E-state index contributed by atoms with van der Waals surface area (Å²) in [5.41, 5.74) is 1.23. The normalized spacial score (nSPS) is 19.1. The van der Waals surface area contributed by atoms with Gasteiger partial charge in [-0.2, -0.15) is 0 Å². The molecule has 2 atom stereocenters. The molecular weight excluding hydrogens is 252 g/mol. The molecule has 1 aromatic heterocycles. The molecule has 1 aromatic carbocycles. The van der Waals surface area contributed by atoms with Crippen LogP contribution in [0.3, 0.4) is 0 Å². The molecule has 0 fully saturated rings. The van der Waals surface area contributed by atoms with E-state index in [1.807, 2.05) is 30.3 Å². The van der Waals surface area contributed by atoms with Gasteiger partial charge in [0.2, 0.25) is 0 Å². The van der Waals surface area contributed by atoms with E-state index in [1.54, 1.807) is 6.26 Å². The number of hydrogen-bond donors (Lipinski definition) is 1. The molecule has 2 heterocycles. The van der Waals surface area contributed by atoms with E-state index in [2.05, 4.69) is 6.07 Å². The molecule has 0 aliphatic carbocycles. The number of hydrogen-bond acceptors (Lipinski definition) is 3. The first-order valence-electron chi connectivity index (χ1n) is 7.25. The molecule has 3 heteroatoms. The highest BCUT2D eigenvalue weighted by Crippen LogP contribution is 2.36. The van der Waals surface area contributed by atoms with Gasteiger partial charge in [-0.25, -0.2) is 0 Å². The molecule has 0 saturated carbocycles. The zero-order chi connectivity index (χ0) is 13.8. The topological polar surface area (TPSA) is 42.6 Å². The number of fused-ring (bicyclic) bond motifs is 1. The van der Waals surface area contributed by atoms with Crippen molar-refractivity contribution < 1.29 is 14.3 Å². The lowest BCUT2D eigenvalue weighted by atomic mass is 9.87. The average molecular weight is 272 g/mol. The second kappa shape index (κ2) is 6.14. The maximum absolute atomic E-state index is 10.2. The minimum atomic E-state index is -0.295. The predicted octanol–water partition coefficient (Wildman–Crippen LogP) is 3.53. The fraction of sp³-hybridized carbons (Fsp3) is 0.412. The maximum atomic E-state index is 10.2. The van der Waals surface area contributed by atoms with Gasteiger partial charge in [-0.3, -0.25) is 0 Å². The molecule has 1 N–H and O–H groups in total. The third kappa shape index (κ3) is 3.05. The first-order valence-corrected chi connectivity index (χ1v) is 7.25. The Labute approximate surface area is 119 Å². The van der Waals surface area contributed by atoms with Gasteiger partial charge in [-0.05, 0) is 48.9 Å². The van der Waals surface area contributed by atoms with E-state index in [1.165, 1.54) is 5.56 Å². The van der Waals surface area contributed by atoms with Gasteiger partial charge >= 0.3 is 0 Å². The molecule has 0 bridgehead atoms. The Kier molecular flexibility index (Phi) is 4.07. The Balaban J connectivity index is 1.58. The summed E-state index contributed by atoms with van der Waals surface area (Å²) in [5, 5.41) is 10.2. The summed E-state index contributed by atoms with van der Waals surface area (Å²) in [6, 6.07) is 12.0. The van der Waals surface area contributed by atoms with Gasteiger partial charge in [0.05, 0.1) is 19.0 Å². The molecule has 0 amide bonds. The summed E-state index contributed by atoms with van der Waals surface area (Å²) < 4.78 is 11.0. The molecule has 20 heavy (non-hydrogen) atoms. The van der Waals surface area contributed by atoms with Crippen LogP contribution in [0.25, 0.3) is 0 Å². The number of benzene rings is 1. The maximum Gasteiger partial charge on any atom is 0.122 e. The van der Waals surface area contributed by atoms with E-state index >= 15 is 0 Å². The Hall–Kier alpha value is -1.74. The summed E-state index contributed by atoms with van der Waals surface area (Å²) in [7, 11) is 0. The number of aliphatic hydroxyl groups excluding tert-OH is 1. The van der Waals surface area contributed by atoms with Crippen molar-refractivity contribution in [3.8, 4) is 5.75 Å². The van der Waals surface area contributed by atoms with Crippen molar-refractivity contribution >= 4 is 0 Å². The van der Waals surface area contributed by atoms with Gasteiger partial charge in [-0.1, -0.05) is 18.2 Å². The molecule has 2 unspecified atom stereocenters. The van der Waals surface area contributed by atoms with Crippen LogP contribution in [0.5, 0.6) is 5.75 Å². The number of ether oxygens (including phenoxy) is 1. The highest BCUT2D eigenvalue weighted by Gasteiger charge is 2.23. The first-order chi connectivity index (χ1) is 9.83. The molecular formula is C17H20O3. The van der Waals surface area contributed by atoms with Crippen molar-refractivity contribution in [2.24, 2.45) is 0 Å². The fourth-order valence-electron chi connectivity index (χ4n) is 2.87. The van der Waals surface area contributed by atoms with E-state index < -0.39 is 0 Å². The van der Waals surface area contributed by atoms with Crippen LogP contribution in [0.2, 0.25) is 0 Å². The van der Waals surface area contributed by atoms with Crippen LogP contribution in [-0.2, 0) is 6.42 Å². The molecule has 3 rings (SSSR count). The van der Waals surface area contributed by atoms with Crippen molar-refractivity contribution in [2.45, 2.75) is 37.7 Å². The molecule has 106 valence electrons. The molecule has 1 aliphatic rings. The van der Waals surface area contributed by atoms with E-state index in [-0.39, 0.29) is 6.10 Å². The number of rotatable bonds is 5. The molecule has 0 spiro atoms. The number of para-hydroxylation sites is 1.